The first-order chi connectivity index (χ1) is 10.6. The monoisotopic (exact) mass is 318 g/mol. The summed E-state index contributed by atoms with van der Waals surface area (Å²) < 4.78 is 2.06. The first-order valence-corrected chi connectivity index (χ1v) is 8.49. The van der Waals surface area contributed by atoms with E-state index in [4.69, 9.17) is 0 Å². The summed E-state index contributed by atoms with van der Waals surface area (Å²) in [7, 11) is 2.03. The fraction of sp³-hybridized carbons (Fsp3) is 0.500. The number of carbonyl (C=O) groups is 1. The predicted octanol–water partition coefficient (Wildman–Crippen LogP) is 2.18. The quantitative estimate of drug-likeness (QED) is 0.940. The normalized spacial score (nSPS) is 16.8. The zero-order chi connectivity index (χ0) is 15.5. The van der Waals surface area contributed by atoms with E-state index in [9.17, 15) is 4.79 Å². The zero-order valence-electron chi connectivity index (χ0n) is 13.1. The highest BCUT2D eigenvalue weighted by Crippen LogP contribution is 2.17. The molecular formula is C16H22N4OS. The van der Waals surface area contributed by atoms with Crippen LogP contribution in [0.5, 0.6) is 0 Å². The number of thiophene rings is 1. The largest absolute Gasteiger partial charge is 0.349 e. The fourth-order valence-corrected chi connectivity index (χ4v) is 3.57. The highest BCUT2D eigenvalue weighted by molar-refractivity contribution is 7.13. The molecule has 0 aliphatic carbocycles. The molecule has 3 heterocycles. The number of nitrogens with zero attached hydrogens (tertiary/aromatic N) is 3. The predicted molar refractivity (Wildman–Crippen MR) is 88.0 cm³/mol. The summed E-state index contributed by atoms with van der Waals surface area (Å²) >= 11 is 1.56. The molecule has 5 nitrogen and oxygen atoms in total. The molecule has 22 heavy (non-hydrogen) atoms. The van der Waals surface area contributed by atoms with Crippen molar-refractivity contribution in [1.82, 2.24) is 19.8 Å². The van der Waals surface area contributed by atoms with Crippen LogP contribution < -0.4 is 5.32 Å². The Bertz CT molecular complexity index is 640. The SMILES string of the molecule is Cc1ccc(C(=O)NC2CCN(Cc3nccn3C)CC2)s1. The van der Waals surface area contributed by atoms with Crippen LogP contribution in [0, 0.1) is 6.92 Å². The van der Waals surface area contributed by atoms with Crippen molar-refractivity contribution in [3.05, 3.63) is 40.1 Å². The Morgan fingerprint density at radius 1 is 1.41 bits per heavy atom. The van der Waals surface area contributed by atoms with Crippen LogP contribution in [-0.2, 0) is 13.6 Å². The molecule has 0 radical (unpaired) electrons. The summed E-state index contributed by atoms with van der Waals surface area (Å²) in [4.78, 5) is 20.9. The van der Waals surface area contributed by atoms with Crippen LogP contribution in [0.3, 0.4) is 0 Å². The van der Waals surface area contributed by atoms with Crippen molar-refractivity contribution in [3.8, 4) is 0 Å². The van der Waals surface area contributed by atoms with Crippen molar-refractivity contribution in [3.63, 3.8) is 0 Å². The molecule has 0 saturated carbocycles. The van der Waals surface area contributed by atoms with E-state index in [1.165, 1.54) is 4.88 Å². The van der Waals surface area contributed by atoms with Gasteiger partial charge in [0.2, 0.25) is 0 Å². The Labute approximate surface area is 135 Å². The van der Waals surface area contributed by atoms with Gasteiger partial charge in [-0.1, -0.05) is 0 Å². The van der Waals surface area contributed by atoms with Gasteiger partial charge in [0.05, 0.1) is 11.4 Å². The first-order valence-electron chi connectivity index (χ1n) is 7.67. The lowest BCUT2D eigenvalue weighted by molar-refractivity contribution is 0.0912. The van der Waals surface area contributed by atoms with Crippen LogP contribution in [0.15, 0.2) is 24.5 Å². The molecule has 1 amide bonds. The van der Waals surface area contributed by atoms with E-state index in [1.54, 1.807) is 11.3 Å². The number of amides is 1. The molecule has 6 heteroatoms. The highest BCUT2D eigenvalue weighted by atomic mass is 32.1. The van der Waals surface area contributed by atoms with Gasteiger partial charge in [-0.15, -0.1) is 11.3 Å². The van der Waals surface area contributed by atoms with Gasteiger partial charge in [0.1, 0.15) is 5.82 Å². The molecule has 1 fully saturated rings. The van der Waals surface area contributed by atoms with Gasteiger partial charge in [-0.05, 0) is 31.9 Å². The molecule has 2 aromatic rings. The number of likely N-dealkylation sites (tertiary alicyclic amines) is 1. The smallest absolute Gasteiger partial charge is 0.261 e. The van der Waals surface area contributed by atoms with E-state index >= 15 is 0 Å². The molecule has 0 atom stereocenters. The van der Waals surface area contributed by atoms with Gasteiger partial charge in [0.15, 0.2) is 0 Å². The lowest BCUT2D eigenvalue weighted by Crippen LogP contribution is -2.44. The lowest BCUT2D eigenvalue weighted by Gasteiger charge is -2.31. The van der Waals surface area contributed by atoms with Gasteiger partial charge >= 0.3 is 0 Å². The van der Waals surface area contributed by atoms with E-state index in [-0.39, 0.29) is 11.9 Å². The Kier molecular flexibility index (Phi) is 4.59. The number of nitrogens with one attached hydrogen (secondary N) is 1. The molecule has 3 rings (SSSR count). The summed E-state index contributed by atoms with van der Waals surface area (Å²) in [5.74, 6) is 1.16. The van der Waals surface area contributed by atoms with E-state index in [1.807, 2.05) is 38.5 Å². The fourth-order valence-electron chi connectivity index (χ4n) is 2.80. The summed E-state index contributed by atoms with van der Waals surface area (Å²) in [6.07, 6.45) is 5.82. The van der Waals surface area contributed by atoms with Gasteiger partial charge in [0.25, 0.3) is 5.91 Å². The van der Waals surface area contributed by atoms with Crippen LogP contribution in [0.1, 0.15) is 33.2 Å². The molecular weight excluding hydrogens is 296 g/mol. The first kappa shape index (κ1) is 15.2. The summed E-state index contributed by atoms with van der Waals surface area (Å²) in [5.41, 5.74) is 0. The Hall–Kier alpha value is -1.66. The number of imidazole rings is 1. The third kappa shape index (κ3) is 3.56. The van der Waals surface area contributed by atoms with Crippen LogP contribution in [0.25, 0.3) is 0 Å². The van der Waals surface area contributed by atoms with Gasteiger partial charge in [-0.25, -0.2) is 4.98 Å². The topological polar surface area (TPSA) is 50.2 Å². The summed E-state index contributed by atoms with van der Waals surface area (Å²) in [6.45, 7) is 4.91. The van der Waals surface area contributed by atoms with Crippen LogP contribution >= 0.6 is 11.3 Å². The van der Waals surface area contributed by atoms with Crippen molar-refractivity contribution in [2.24, 2.45) is 7.05 Å². The van der Waals surface area contributed by atoms with Gasteiger partial charge in [0, 0.05) is 43.4 Å². The minimum Gasteiger partial charge on any atom is -0.349 e. The number of carbonyl (C=O) groups excluding carboxylic acids is 1. The van der Waals surface area contributed by atoms with Crippen molar-refractivity contribution in [2.75, 3.05) is 13.1 Å². The number of hydrogen-bond acceptors (Lipinski definition) is 4. The third-order valence-electron chi connectivity index (χ3n) is 4.17. The molecule has 1 aliphatic rings. The maximum Gasteiger partial charge on any atom is 0.261 e. The van der Waals surface area contributed by atoms with E-state index in [2.05, 4.69) is 19.8 Å². The Morgan fingerprint density at radius 2 is 2.18 bits per heavy atom. The zero-order valence-corrected chi connectivity index (χ0v) is 13.9. The maximum atomic E-state index is 12.2. The molecule has 1 N–H and O–H groups in total. The van der Waals surface area contributed by atoms with Gasteiger partial charge < -0.3 is 9.88 Å². The highest BCUT2D eigenvalue weighted by Gasteiger charge is 2.22. The molecule has 0 aromatic carbocycles. The number of rotatable bonds is 4. The van der Waals surface area contributed by atoms with Crippen LogP contribution in [-0.4, -0.2) is 39.5 Å². The number of aromatic nitrogens is 2. The second-order valence-corrected chi connectivity index (χ2v) is 7.18. The summed E-state index contributed by atoms with van der Waals surface area (Å²) in [6, 6.07) is 4.19. The second kappa shape index (κ2) is 6.62. The molecule has 0 unspecified atom stereocenters. The molecule has 0 bridgehead atoms. The Morgan fingerprint density at radius 3 is 2.77 bits per heavy atom. The molecule has 1 saturated heterocycles. The molecule has 2 aromatic heterocycles. The van der Waals surface area contributed by atoms with Crippen LogP contribution in [0.2, 0.25) is 0 Å². The lowest BCUT2D eigenvalue weighted by atomic mass is 10.0. The molecule has 0 spiro atoms. The summed E-state index contributed by atoms with van der Waals surface area (Å²) in [5, 5.41) is 3.16. The third-order valence-corrected chi connectivity index (χ3v) is 5.17. The average molecular weight is 318 g/mol. The van der Waals surface area contributed by atoms with E-state index in [0.29, 0.717) is 0 Å². The maximum absolute atomic E-state index is 12.2. The van der Waals surface area contributed by atoms with Gasteiger partial charge in [-0.3, -0.25) is 9.69 Å². The Balaban J connectivity index is 1.47. The molecule has 1 aliphatic heterocycles. The van der Waals surface area contributed by atoms with Crippen molar-refractivity contribution >= 4 is 17.2 Å². The second-order valence-electron chi connectivity index (χ2n) is 5.89. The average Bonchev–Trinajstić information content (AvgIpc) is 3.10. The van der Waals surface area contributed by atoms with Crippen molar-refractivity contribution in [2.45, 2.75) is 32.4 Å². The standard InChI is InChI=1S/C16H22N4OS/c1-12-3-4-14(22-12)16(21)18-13-5-8-20(9-6-13)11-15-17-7-10-19(15)2/h3-4,7,10,13H,5-6,8-9,11H2,1-2H3,(H,18,21). The van der Waals surface area contributed by atoms with E-state index in [0.717, 1.165) is 43.2 Å². The minimum absolute atomic E-state index is 0.0700. The number of hydrogen-bond donors (Lipinski definition) is 1. The number of piperidine rings is 1. The van der Waals surface area contributed by atoms with Crippen molar-refractivity contribution < 1.29 is 4.79 Å². The molecule has 118 valence electrons. The minimum atomic E-state index is 0.0700. The van der Waals surface area contributed by atoms with E-state index < -0.39 is 0 Å². The van der Waals surface area contributed by atoms with Crippen molar-refractivity contribution in [1.29, 1.82) is 0 Å². The van der Waals surface area contributed by atoms with Crippen LogP contribution in [0.4, 0.5) is 0 Å². The number of aryl methyl sites for hydroxylation is 2. The van der Waals surface area contributed by atoms with Gasteiger partial charge in [-0.2, -0.15) is 0 Å².